The van der Waals surface area contributed by atoms with Gasteiger partial charge in [0, 0.05) is 49.9 Å². The molecule has 0 radical (unpaired) electrons. The van der Waals surface area contributed by atoms with E-state index in [1.165, 1.54) is 5.56 Å². The largest absolute Gasteiger partial charge is 0.336 e. The normalized spacial score (nSPS) is 22.4. The summed E-state index contributed by atoms with van der Waals surface area (Å²) >= 11 is 0. The lowest BCUT2D eigenvalue weighted by Gasteiger charge is -2.49. The second-order valence-corrected chi connectivity index (χ2v) is 10.4. The first-order valence-corrected chi connectivity index (χ1v) is 12.7. The summed E-state index contributed by atoms with van der Waals surface area (Å²) in [5.41, 5.74) is 2.51. The maximum atomic E-state index is 14.0. The van der Waals surface area contributed by atoms with Crippen molar-refractivity contribution in [3.05, 3.63) is 89.7 Å². The molecule has 0 saturated carbocycles. The molecule has 1 spiro atoms. The number of hydrogen-bond acceptors (Lipinski definition) is 3. The molecule has 2 aliphatic heterocycles. The van der Waals surface area contributed by atoms with Crippen LogP contribution in [0.15, 0.2) is 73.1 Å². The molecule has 2 atom stereocenters. The van der Waals surface area contributed by atoms with Crippen LogP contribution in [-0.4, -0.2) is 56.6 Å². The van der Waals surface area contributed by atoms with Crippen LogP contribution in [0.4, 0.5) is 0 Å². The topological polar surface area (TPSA) is 58.4 Å². The van der Waals surface area contributed by atoms with Crippen molar-refractivity contribution in [3.63, 3.8) is 0 Å². The Kier molecular flexibility index (Phi) is 6.46. The zero-order valence-electron chi connectivity index (χ0n) is 20.6. The predicted octanol–water partition coefficient (Wildman–Crippen LogP) is 4.58. The van der Waals surface area contributed by atoms with E-state index in [0.717, 1.165) is 24.9 Å². The molecule has 2 aliphatic rings. The van der Waals surface area contributed by atoms with E-state index in [1.807, 2.05) is 52.2 Å². The molecule has 0 unspecified atom stereocenters. The second-order valence-electron chi connectivity index (χ2n) is 10.4. The summed E-state index contributed by atoms with van der Waals surface area (Å²) < 4.78 is 1.84. The Morgan fingerprint density at radius 2 is 1.86 bits per heavy atom. The Morgan fingerprint density at radius 3 is 2.60 bits per heavy atom. The number of carbonyl (C=O) groups excluding carboxylic acids is 2. The molecule has 3 heterocycles. The van der Waals surface area contributed by atoms with Crippen molar-refractivity contribution in [1.29, 1.82) is 0 Å². The van der Waals surface area contributed by atoms with E-state index in [0.29, 0.717) is 37.5 Å². The fraction of sp³-hybridized carbons (Fsp3) is 0.414. The minimum absolute atomic E-state index is 0.0353. The van der Waals surface area contributed by atoms with Gasteiger partial charge in [-0.05, 0) is 42.0 Å². The van der Waals surface area contributed by atoms with Gasteiger partial charge in [-0.25, -0.2) is 0 Å². The third kappa shape index (κ3) is 4.49. The van der Waals surface area contributed by atoms with Crippen LogP contribution in [0.1, 0.15) is 60.5 Å². The van der Waals surface area contributed by atoms with Crippen LogP contribution in [0.5, 0.6) is 0 Å². The van der Waals surface area contributed by atoms with Crippen molar-refractivity contribution in [2.75, 3.05) is 19.6 Å². The van der Waals surface area contributed by atoms with Gasteiger partial charge in [0.05, 0.1) is 12.1 Å². The van der Waals surface area contributed by atoms with Crippen LogP contribution in [0.25, 0.3) is 0 Å². The third-order valence-corrected chi connectivity index (χ3v) is 7.53. The van der Waals surface area contributed by atoms with E-state index in [2.05, 4.69) is 48.1 Å². The van der Waals surface area contributed by atoms with Gasteiger partial charge in [-0.1, -0.05) is 62.4 Å². The number of benzene rings is 2. The van der Waals surface area contributed by atoms with E-state index < -0.39 is 0 Å². The molecule has 3 aromatic rings. The Labute approximate surface area is 207 Å². The summed E-state index contributed by atoms with van der Waals surface area (Å²) in [6.07, 6.45) is 6.05. The lowest BCUT2D eigenvalue weighted by Crippen LogP contribution is -2.59. The summed E-state index contributed by atoms with van der Waals surface area (Å²) in [6, 6.07) is 20.2. The van der Waals surface area contributed by atoms with Gasteiger partial charge in [-0.15, -0.1) is 0 Å². The van der Waals surface area contributed by atoms with E-state index in [1.54, 1.807) is 6.20 Å². The van der Waals surface area contributed by atoms with E-state index >= 15 is 0 Å². The molecule has 6 nitrogen and oxygen atoms in total. The van der Waals surface area contributed by atoms with Gasteiger partial charge in [-0.2, -0.15) is 5.10 Å². The first-order chi connectivity index (χ1) is 17.0. The molecule has 2 saturated heterocycles. The molecular formula is C29H34N4O2. The van der Waals surface area contributed by atoms with E-state index in [4.69, 9.17) is 0 Å². The minimum atomic E-state index is -0.368. The minimum Gasteiger partial charge on any atom is -0.336 e. The molecular weight excluding hydrogens is 436 g/mol. The third-order valence-electron chi connectivity index (χ3n) is 7.53. The van der Waals surface area contributed by atoms with Crippen molar-refractivity contribution in [1.82, 2.24) is 19.6 Å². The molecule has 5 rings (SSSR count). The zero-order valence-corrected chi connectivity index (χ0v) is 20.6. The van der Waals surface area contributed by atoms with Crippen molar-refractivity contribution in [3.8, 4) is 0 Å². The van der Waals surface area contributed by atoms with E-state index in [9.17, 15) is 9.59 Å². The quantitative estimate of drug-likeness (QED) is 0.530. The molecule has 182 valence electrons. The van der Waals surface area contributed by atoms with Gasteiger partial charge in [0.1, 0.15) is 0 Å². The van der Waals surface area contributed by atoms with Gasteiger partial charge in [0.15, 0.2) is 0 Å². The second kappa shape index (κ2) is 9.68. The first kappa shape index (κ1) is 23.3. The summed E-state index contributed by atoms with van der Waals surface area (Å²) in [7, 11) is 0. The summed E-state index contributed by atoms with van der Waals surface area (Å²) in [5, 5.41) is 4.32. The molecule has 2 aromatic carbocycles. The number of amides is 2. The highest BCUT2D eigenvalue weighted by atomic mass is 16.2. The van der Waals surface area contributed by atoms with Gasteiger partial charge >= 0.3 is 0 Å². The number of carbonyl (C=O) groups is 2. The van der Waals surface area contributed by atoms with Crippen LogP contribution < -0.4 is 0 Å². The standard InChI is InChI=1S/C29H34N4O2/c1-22(2)18-33-27(34)14-8-15-29(33)21-31(20-26(29)23-10-4-3-5-11-23)28(35)25-13-7-6-12-24(25)19-32-17-9-16-30-32/h3-7,9-13,16-17,22,26H,8,14-15,18-21H2,1-2H3/t26-,29+/m0/s1. The van der Waals surface area contributed by atoms with Crippen LogP contribution in [0.3, 0.4) is 0 Å². The molecule has 2 amide bonds. The molecule has 6 heteroatoms. The Bertz CT molecular complexity index is 1170. The maximum absolute atomic E-state index is 14.0. The smallest absolute Gasteiger partial charge is 0.254 e. The lowest BCUT2D eigenvalue weighted by molar-refractivity contribution is -0.143. The number of aromatic nitrogens is 2. The SMILES string of the molecule is CC(C)CN1C(=O)CCC[C@]12CN(C(=O)c1ccccc1Cn1cccn1)C[C@H]2c1ccccc1. The first-order valence-electron chi connectivity index (χ1n) is 12.7. The highest BCUT2D eigenvalue weighted by molar-refractivity contribution is 5.96. The number of rotatable bonds is 6. The summed E-state index contributed by atoms with van der Waals surface area (Å²) in [5.74, 6) is 0.714. The predicted molar refractivity (Wildman–Crippen MR) is 136 cm³/mol. The average Bonchev–Trinajstić information content (AvgIpc) is 3.51. The average molecular weight is 471 g/mol. The van der Waals surface area contributed by atoms with Crippen molar-refractivity contribution in [2.24, 2.45) is 5.92 Å². The number of likely N-dealkylation sites (tertiary alicyclic amines) is 2. The van der Waals surface area contributed by atoms with Crippen LogP contribution >= 0.6 is 0 Å². The van der Waals surface area contributed by atoms with Crippen molar-refractivity contribution < 1.29 is 9.59 Å². The van der Waals surface area contributed by atoms with Crippen molar-refractivity contribution >= 4 is 11.8 Å². The van der Waals surface area contributed by atoms with Crippen LogP contribution in [0.2, 0.25) is 0 Å². The van der Waals surface area contributed by atoms with Gasteiger partial charge in [0.2, 0.25) is 5.91 Å². The highest BCUT2D eigenvalue weighted by Crippen LogP contribution is 2.47. The Balaban J connectivity index is 1.51. The van der Waals surface area contributed by atoms with E-state index in [-0.39, 0.29) is 23.3 Å². The number of hydrogen-bond donors (Lipinski definition) is 0. The zero-order chi connectivity index (χ0) is 24.4. The Morgan fingerprint density at radius 1 is 1.09 bits per heavy atom. The van der Waals surface area contributed by atoms with Crippen molar-refractivity contribution in [2.45, 2.75) is 51.1 Å². The fourth-order valence-electron chi connectivity index (χ4n) is 6.00. The summed E-state index contributed by atoms with van der Waals surface area (Å²) in [6.45, 7) is 6.78. The number of piperidine rings is 1. The Hall–Kier alpha value is -3.41. The summed E-state index contributed by atoms with van der Waals surface area (Å²) in [4.78, 5) is 31.4. The monoisotopic (exact) mass is 470 g/mol. The van der Waals surface area contributed by atoms with Crippen LogP contribution in [-0.2, 0) is 11.3 Å². The molecule has 0 aliphatic carbocycles. The molecule has 1 aromatic heterocycles. The number of nitrogens with zero attached hydrogens (tertiary/aromatic N) is 4. The fourth-order valence-corrected chi connectivity index (χ4v) is 6.00. The molecule has 0 bridgehead atoms. The maximum Gasteiger partial charge on any atom is 0.254 e. The lowest BCUT2D eigenvalue weighted by atomic mass is 9.74. The highest BCUT2D eigenvalue weighted by Gasteiger charge is 2.55. The molecule has 2 fully saturated rings. The van der Waals surface area contributed by atoms with Gasteiger partial charge in [0.25, 0.3) is 5.91 Å². The van der Waals surface area contributed by atoms with Crippen LogP contribution in [0, 0.1) is 5.92 Å². The molecule has 0 N–H and O–H groups in total. The van der Waals surface area contributed by atoms with Gasteiger partial charge < -0.3 is 9.80 Å². The molecule has 35 heavy (non-hydrogen) atoms. The van der Waals surface area contributed by atoms with Gasteiger partial charge in [-0.3, -0.25) is 14.3 Å².